The number of nitrogens with one attached hydrogen (secondary N) is 2. The number of piperidine rings is 1. The van der Waals surface area contributed by atoms with E-state index in [0.717, 1.165) is 24.5 Å². The third kappa shape index (κ3) is 5.00. The molecule has 0 bridgehead atoms. The van der Waals surface area contributed by atoms with Crippen molar-refractivity contribution < 1.29 is 9.59 Å². The van der Waals surface area contributed by atoms with Gasteiger partial charge in [-0.3, -0.25) is 9.59 Å². The van der Waals surface area contributed by atoms with Gasteiger partial charge in [-0.25, -0.2) is 0 Å². The highest BCUT2D eigenvalue weighted by Crippen LogP contribution is 2.22. The molecule has 1 heterocycles. The van der Waals surface area contributed by atoms with Crippen molar-refractivity contribution in [2.24, 2.45) is 5.73 Å². The summed E-state index contributed by atoms with van der Waals surface area (Å²) >= 11 is 0. The zero-order chi connectivity index (χ0) is 19.2. The fourth-order valence-corrected chi connectivity index (χ4v) is 3.20. The van der Waals surface area contributed by atoms with Gasteiger partial charge < -0.3 is 21.3 Å². The summed E-state index contributed by atoms with van der Waals surface area (Å²) in [7, 11) is 0. The van der Waals surface area contributed by atoms with Crippen LogP contribution >= 0.6 is 0 Å². The third-order valence-electron chi connectivity index (χ3n) is 4.80. The van der Waals surface area contributed by atoms with Crippen LogP contribution in [0.25, 0.3) is 0 Å². The number of nitrogens with two attached hydrogens (primary N) is 1. The van der Waals surface area contributed by atoms with E-state index < -0.39 is 11.9 Å². The molecule has 1 saturated heterocycles. The van der Waals surface area contributed by atoms with Gasteiger partial charge in [0.2, 0.25) is 11.8 Å². The highest BCUT2D eigenvalue weighted by Gasteiger charge is 2.14. The van der Waals surface area contributed by atoms with Crippen LogP contribution in [-0.4, -0.2) is 30.9 Å². The van der Waals surface area contributed by atoms with Crippen LogP contribution in [-0.2, 0) is 4.79 Å². The zero-order valence-corrected chi connectivity index (χ0v) is 15.6. The van der Waals surface area contributed by atoms with E-state index in [-0.39, 0.29) is 5.91 Å². The van der Waals surface area contributed by atoms with Crippen molar-refractivity contribution in [1.82, 2.24) is 0 Å². The second-order valence-corrected chi connectivity index (χ2v) is 6.89. The summed E-state index contributed by atoms with van der Waals surface area (Å²) in [5, 5.41) is 6.05. The Labute approximate surface area is 159 Å². The summed E-state index contributed by atoms with van der Waals surface area (Å²) in [4.78, 5) is 25.9. The molecule has 27 heavy (non-hydrogen) atoms. The number of carbonyl (C=O) groups is 2. The van der Waals surface area contributed by atoms with E-state index in [2.05, 4.69) is 27.7 Å². The van der Waals surface area contributed by atoms with Crippen molar-refractivity contribution in [3.05, 3.63) is 54.1 Å². The molecule has 6 nitrogen and oxygen atoms in total. The lowest BCUT2D eigenvalue weighted by molar-refractivity contribution is -0.116. The summed E-state index contributed by atoms with van der Waals surface area (Å²) in [6, 6.07) is 14.3. The molecule has 142 valence electrons. The fourth-order valence-electron chi connectivity index (χ4n) is 3.20. The molecule has 2 aromatic carbocycles. The minimum absolute atomic E-state index is 0.125. The highest BCUT2D eigenvalue weighted by molar-refractivity contribution is 5.96. The van der Waals surface area contributed by atoms with Crippen LogP contribution in [0, 0.1) is 0 Å². The lowest BCUT2D eigenvalue weighted by Gasteiger charge is -2.28. The molecule has 1 aliphatic rings. The van der Waals surface area contributed by atoms with Crippen LogP contribution in [0.5, 0.6) is 0 Å². The third-order valence-corrected chi connectivity index (χ3v) is 4.80. The first-order valence-corrected chi connectivity index (χ1v) is 9.35. The van der Waals surface area contributed by atoms with E-state index in [0.29, 0.717) is 5.56 Å². The number of hydrogen-bond acceptors (Lipinski definition) is 4. The van der Waals surface area contributed by atoms with Gasteiger partial charge in [0.05, 0.1) is 0 Å². The average Bonchev–Trinajstić information content (AvgIpc) is 2.69. The average molecular weight is 366 g/mol. The summed E-state index contributed by atoms with van der Waals surface area (Å²) < 4.78 is 0. The zero-order valence-electron chi connectivity index (χ0n) is 15.6. The van der Waals surface area contributed by atoms with Crippen LogP contribution in [0.1, 0.15) is 36.5 Å². The number of anilines is 3. The standard InChI is InChI=1S/C21H26N4O2/c1-15(23-17-7-5-16(6-8-17)20(22)26)21(27)24-18-9-11-19(12-10-18)25-13-3-2-4-14-25/h5-12,15,23H,2-4,13-14H2,1H3,(H2,22,26)(H,24,27)/t15-/m1/s1. The molecule has 0 aromatic heterocycles. The Morgan fingerprint density at radius 3 is 2.11 bits per heavy atom. The Morgan fingerprint density at radius 2 is 1.52 bits per heavy atom. The summed E-state index contributed by atoms with van der Waals surface area (Å²) in [6.07, 6.45) is 3.78. The fraction of sp³-hybridized carbons (Fsp3) is 0.333. The quantitative estimate of drug-likeness (QED) is 0.732. The van der Waals surface area contributed by atoms with Gasteiger partial charge in [-0.1, -0.05) is 0 Å². The van der Waals surface area contributed by atoms with Gasteiger partial charge in [-0.15, -0.1) is 0 Å². The molecular weight excluding hydrogens is 340 g/mol. The van der Waals surface area contributed by atoms with Crippen molar-refractivity contribution in [2.75, 3.05) is 28.6 Å². The molecule has 6 heteroatoms. The van der Waals surface area contributed by atoms with E-state index in [4.69, 9.17) is 5.73 Å². The molecule has 0 aliphatic carbocycles. The number of amides is 2. The SMILES string of the molecule is C[C@@H](Nc1ccc(C(N)=O)cc1)C(=O)Nc1ccc(N2CCCCC2)cc1. The van der Waals surface area contributed by atoms with Crippen LogP contribution in [0.3, 0.4) is 0 Å². The first kappa shape index (κ1) is 18.8. The summed E-state index contributed by atoms with van der Waals surface area (Å²) in [5.74, 6) is -0.597. The Kier molecular flexibility index (Phi) is 5.96. The number of nitrogens with zero attached hydrogens (tertiary/aromatic N) is 1. The molecule has 0 radical (unpaired) electrons. The molecule has 2 amide bonds. The topological polar surface area (TPSA) is 87.5 Å². The number of carbonyl (C=O) groups excluding carboxylic acids is 2. The number of primary amides is 1. The van der Waals surface area contributed by atoms with Gasteiger partial charge in [0.25, 0.3) is 0 Å². The van der Waals surface area contributed by atoms with E-state index in [1.54, 1.807) is 31.2 Å². The second kappa shape index (κ2) is 8.58. The molecule has 0 unspecified atom stereocenters. The van der Waals surface area contributed by atoms with Gasteiger partial charge in [-0.2, -0.15) is 0 Å². The Balaban J connectivity index is 1.55. The first-order valence-electron chi connectivity index (χ1n) is 9.35. The Morgan fingerprint density at radius 1 is 0.926 bits per heavy atom. The first-order chi connectivity index (χ1) is 13.0. The largest absolute Gasteiger partial charge is 0.374 e. The lowest BCUT2D eigenvalue weighted by atomic mass is 10.1. The van der Waals surface area contributed by atoms with Crippen LogP contribution in [0.15, 0.2) is 48.5 Å². The maximum atomic E-state index is 12.4. The van der Waals surface area contributed by atoms with Gasteiger partial charge in [0, 0.05) is 35.7 Å². The lowest BCUT2D eigenvalue weighted by Crippen LogP contribution is -2.32. The smallest absolute Gasteiger partial charge is 0.248 e. The van der Waals surface area contributed by atoms with Crippen LogP contribution in [0.2, 0.25) is 0 Å². The van der Waals surface area contributed by atoms with Crippen molar-refractivity contribution in [3.63, 3.8) is 0 Å². The van der Waals surface area contributed by atoms with E-state index >= 15 is 0 Å². The predicted molar refractivity (Wildman–Crippen MR) is 109 cm³/mol. The molecule has 1 atom stereocenters. The van der Waals surface area contributed by atoms with E-state index in [1.807, 2.05) is 12.1 Å². The van der Waals surface area contributed by atoms with Crippen LogP contribution in [0.4, 0.5) is 17.1 Å². The Hall–Kier alpha value is -3.02. The monoisotopic (exact) mass is 366 g/mol. The summed E-state index contributed by atoms with van der Waals surface area (Å²) in [5.41, 5.74) is 8.40. The highest BCUT2D eigenvalue weighted by atomic mass is 16.2. The van der Waals surface area contributed by atoms with E-state index in [1.165, 1.54) is 24.9 Å². The number of benzene rings is 2. The van der Waals surface area contributed by atoms with Crippen molar-refractivity contribution >= 4 is 28.9 Å². The number of hydrogen-bond donors (Lipinski definition) is 3. The molecule has 0 saturated carbocycles. The molecular formula is C21H26N4O2. The second-order valence-electron chi connectivity index (χ2n) is 6.89. The maximum absolute atomic E-state index is 12.4. The molecule has 4 N–H and O–H groups in total. The number of rotatable bonds is 6. The molecule has 1 aliphatic heterocycles. The van der Waals surface area contributed by atoms with Gasteiger partial charge in [0.1, 0.15) is 6.04 Å². The maximum Gasteiger partial charge on any atom is 0.248 e. The molecule has 0 spiro atoms. The van der Waals surface area contributed by atoms with E-state index in [9.17, 15) is 9.59 Å². The predicted octanol–water partition coefficient (Wildman–Crippen LogP) is 3.21. The normalized spacial score (nSPS) is 15.1. The van der Waals surface area contributed by atoms with Crippen molar-refractivity contribution in [3.8, 4) is 0 Å². The minimum atomic E-state index is -0.472. The van der Waals surface area contributed by atoms with Crippen molar-refractivity contribution in [1.29, 1.82) is 0 Å². The van der Waals surface area contributed by atoms with Crippen molar-refractivity contribution in [2.45, 2.75) is 32.2 Å². The molecule has 3 rings (SSSR count). The molecule has 2 aromatic rings. The van der Waals surface area contributed by atoms with Gasteiger partial charge in [-0.05, 0) is 74.7 Å². The minimum Gasteiger partial charge on any atom is -0.374 e. The van der Waals surface area contributed by atoms with Gasteiger partial charge >= 0.3 is 0 Å². The molecule has 1 fully saturated rings. The summed E-state index contributed by atoms with van der Waals surface area (Å²) in [6.45, 7) is 3.99. The van der Waals surface area contributed by atoms with Gasteiger partial charge in [0.15, 0.2) is 0 Å². The van der Waals surface area contributed by atoms with Crippen LogP contribution < -0.4 is 21.3 Å². The Bertz CT molecular complexity index is 781.